The third-order valence-corrected chi connectivity index (χ3v) is 7.48. The molecule has 118 valence electrons. The standard InChI is InChI=1S/C16H26BrN3S/c1-11-13(17)8-16(21-11)15(9-18)20-7-5-14-12(10-20)4-3-6-19(14)2/h8,12,14-15H,3-7,9-10,18H2,1-2H3. The highest BCUT2D eigenvalue weighted by Gasteiger charge is 2.36. The van der Waals surface area contributed by atoms with Crippen molar-refractivity contribution < 1.29 is 0 Å². The summed E-state index contributed by atoms with van der Waals surface area (Å²) in [6, 6.07) is 3.47. The fraction of sp³-hybridized carbons (Fsp3) is 0.750. The summed E-state index contributed by atoms with van der Waals surface area (Å²) in [7, 11) is 2.30. The molecule has 2 aliphatic heterocycles. The van der Waals surface area contributed by atoms with E-state index >= 15 is 0 Å². The fourth-order valence-corrected chi connectivity index (χ4v) is 5.76. The van der Waals surface area contributed by atoms with Gasteiger partial charge in [0, 0.05) is 39.9 Å². The smallest absolute Gasteiger partial charge is 0.0564 e. The van der Waals surface area contributed by atoms with Crippen molar-refractivity contribution in [1.29, 1.82) is 0 Å². The number of aryl methyl sites for hydroxylation is 1. The third-order valence-electron chi connectivity index (χ3n) is 5.25. The van der Waals surface area contributed by atoms with E-state index in [2.05, 4.69) is 45.8 Å². The molecule has 3 nitrogen and oxygen atoms in total. The summed E-state index contributed by atoms with van der Waals surface area (Å²) < 4.78 is 1.23. The average Bonchev–Trinajstić information content (AvgIpc) is 2.79. The Hall–Kier alpha value is 0.0600. The molecule has 5 heteroatoms. The van der Waals surface area contributed by atoms with Crippen LogP contribution in [0.2, 0.25) is 0 Å². The zero-order valence-corrected chi connectivity index (χ0v) is 15.4. The highest BCUT2D eigenvalue weighted by atomic mass is 79.9. The van der Waals surface area contributed by atoms with Crippen molar-refractivity contribution in [3.8, 4) is 0 Å². The molecule has 0 amide bonds. The van der Waals surface area contributed by atoms with E-state index in [-0.39, 0.29) is 0 Å². The van der Waals surface area contributed by atoms with Crippen LogP contribution >= 0.6 is 27.3 Å². The summed E-state index contributed by atoms with van der Waals surface area (Å²) in [6.07, 6.45) is 4.03. The van der Waals surface area contributed by atoms with Gasteiger partial charge in [0.2, 0.25) is 0 Å². The van der Waals surface area contributed by atoms with Crippen molar-refractivity contribution in [2.45, 2.75) is 38.3 Å². The van der Waals surface area contributed by atoms with Crippen LogP contribution in [0.4, 0.5) is 0 Å². The number of nitrogens with zero attached hydrogens (tertiary/aromatic N) is 2. The van der Waals surface area contributed by atoms with Crippen LogP contribution in [0.15, 0.2) is 10.5 Å². The second-order valence-corrected chi connectivity index (χ2v) is 8.68. The van der Waals surface area contributed by atoms with E-state index < -0.39 is 0 Å². The summed E-state index contributed by atoms with van der Waals surface area (Å²) in [6.45, 7) is 6.57. The lowest BCUT2D eigenvalue weighted by Crippen LogP contribution is -2.53. The summed E-state index contributed by atoms with van der Waals surface area (Å²) >= 11 is 5.54. The molecule has 3 atom stereocenters. The van der Waals surface area contributed by atoms with Gasteiger partial charge in [-0.3, -0.25) is 4.90 Å². The second kappa shape index (κ2) is 6.67. The van der Waals surface area contributed by atoms with Gasteiger partial charge in [0.05, 0.1) is 6.04 Å². The maximum Gasteiger partial charge on any atom is 0.0564 e. The van der Waals surface area contributed by atoms with Crippen LogP contribution in [-0.4, -0.2) is 49.1 Å². The van der Waals surface area contributed by atoms with Gasteiger partial charge >= 0.3 is 0 Å². The molecule has 0 aliphatic carbocycles. The van der Waals surface area contributed by atoms with Gasteiger partial charge < -0.3 is 10.6 Å². The van der Waals surface area contributed by atoms with Crippen LogP contribution in [0.3, 0.4) is 0 Å². The van der Waals surface area contributed by atoms with Gasteiger partial charge in [0.15, 0.2) is 0 Å². The van der Waals surface area contributed by atoms with Crippen molar-refractivity contribution >= 4 is 27.3 Å². The average molecular weight is 372 g/mol. The second-order valence-electron chi connectivity index (χ2n) is 6.54. The van der Waals surface area contributed by atoms with Crippen LogP contribution < -0.4 is 5.73 Å². The first kappa shape index (κ1) is 15.9. The lowest BCUT2D eigenvalue weighted by atomic mass is 9.83. The van der Waals surface area contributed by atoms with Crippen LogP contribution in [0, 0.1) is 12.8 Å². The minimum Gasteiger partial charge on any atom is -0.329 e. The van der Waals surface area contributed by atoms with E-state index in [9.17, 15) is 0 Å². The lowest BCUT2D eigenvalue weighted by molar-refractivity contribution is 0.0217. The molecule has 2 aliphatic rings. The number of rotatable bonds is 3. The summed E-state index contributed by atoms with van der Waals surface area (Å²) in [4.78, 5) is 7.99. The van der Waals surface area contributed by atoms with Gasteiger partial charge in [0.1, 0.15) is 0 Å². The molecule has 1 aromatic heterocycles. The number of hydrogen-bond donors (Lipinski definition) is 1. The van der Waals surface area contributed by atoms with Crippen LogP contribution in [0.25, 0.3) is 0 Å². The zero-order chi connectivity index (χ0) is 15.0. The Balaban J connectivity index is 1.73. The highest BCUT2D eigenvalue weighted by Crippen LogP contribution is 2.37. The van der Waals surface area contributed by atoms with Crippen LogP contribution in [0.5, 0.6) is 0 Å². The molecule has 3 unspecified atom stereocenters. The molecule has 2 saturated heterocycles. The molecule has 3 heterocycles. The van der Waals surface area contributed by atoms with E-state index in [1.165, 1.54) is 53.1 Å². The third kappa shape index (κ3) is 3.22. The predicted octanol–water partition coefficient (Wildman–Crippen LogP) is 3.23. The van der Waals surface area contributed by atoms with Gasteiger partial charge in [0.25, 0.3) is 0 Å². The van der Waals surface area contributed by atoms with Gasteiger partial charge in [-0.05, 0) is 67.7 Å². The largest absolute Gasteiger partial charge is 0.329 e. The van der Waals surface area contributed by atoms with Gasteiger partial charge in [-0.25, -0.2) is 0 Å². The van der Waals surface area contributed by atoms with Crippen molar-refractivity contribution in [2.75, 3.05) is 33.2 Å². The first-order valence-electron chi connectivity index (χ1n) is 8.00. The topological polar surface area (TPSA) is 32.5 Å². The molecule has 0 saturated carbocycles. The quantitative estimate of drug-likeness (QED) is 0.884. The number of halogens is 1. The Morgan fingerprint density at radius 3 is 2.90 bits per heavy atom. The SMILES string of the molecule is Cc1sc(C(CN)N2CCC3C(CCCN3C)C2)cc1Br. The molecule has 1 aromatic rings. The molecular weight excluding hydrogens is 346 g/mol. The molecule has 2 N–H and O–H groups in total. The predicted molar refractivity (Wildman–Crippen MR) is 93.9 cm³/mol. The number of hydrogen-bond acceptors (Lipinski definition) is 4. The number of likely N-dealkylation sites (tertiary alicyclic amines) is 2. The summed E-state index contributed by atoms with van der Waals surface area (Å²) in [5, 5.41) is 0. The van der Waals surface area contributed by atoms with Crippen LogP contribution in [-0.2, 0) is 0 Å². The van der Waals surface area contributed by atoms with Crippen molar-refractivity contribution in [3.05, 3.63) is 20.3 Å². The van der Waals surface area contributed by atoms with E-state index in [1.54, 1.807) is 0 Å². The lowest BCUT2D eigenvalue weighted by Gasteiger charge is -2.47. The molecule has 2 fully saturated rings. The Labute approximate surface area is 140 Å². The minimum absolute atomic E-state index is 0.396. The number of thiophene rings is 1. The summed E-state index contributed by atoms with van der Waals surface area (Å²) in [5.41, 5.74) is 6.13. The van der Waals surface area contributed by atoms with E-state index in [0.717, 1.165) is 18.5 Å². The number of fused-ring (bicyclic) bond motifs is 1. The zero-order valence-electron chi connectivity index (χ0n) is 13.0. The Kier molecular flexibility index (Phi) is 5.06. The monoisotopic (exact) mass is 371 g/mol. The van der Waals surface area contributed by atoms with Crippen molar-refractivity contribution in [1.82, 2.24) is 9.80 Å². The molecular formula is C16H26BrN3S. The fourth-order valence-electron chi connectivity index (χ4n) is 4.05. The normalized spacial score (nSPS) is 29.3. The van der Waals surface area contributed by atoms with Gasteiger partial charge in [-0.2, -0.15) is 0 Å². The Bertz CT molecular complexity index is 470. The van der Waals surface area contributed by atoms with Crippen LogP contribution in [0.1, 0.15) is 35.1 Å². The molecule has 0 aromatic carbocycles. The molecule has 0 radical (unpaired) electrons. The minimum atomic E-state index is 0.396. The maximum absolute atomic E-state index is 6.13. The number of piperidine rings is 2. The van der Waals surface area contributed by atoms with E-state index in [4.69, 9.17) is 5.73 Å². The molecule has 0 bridgehead atoms. The molecule has 21 heavy (non-hydrogen) atoms. The van der Waals surface area contributed by atoms with Crippen molar-refractivity contribution in [2.24, 2.45) is 11.7 Å². The van der Waals surface area contributed by atoms with E-state index in [0.29, 0.717) is 6.04 Å². The number of nitrogens with two attached hydrogens (primary N) is 1. The first-order valence-corrected chi connectivity index (χ1v) is 9.61. The molecule has 0 spiro atoms. The molecule has 3 rings (SSSR count). The Morgan fingerprint density at radius 1 is 1.43 bits per heavy atom. The van der Waals surface area contributed by atoms with Gasteiger partial charge in [-0.15, -0.1) is 11.3 Å². The van der Waals surface area contributed by atoms with Gasteiger partial charge in [-0.1, -0.05) is 0 Å². The van der Waals surface area contributed by atoms with Crippen molar-refractivity contribution in [3.63, 3.8) is 0 Å². The highest BCUT2D eigenvalue weighted by molar-refractivity contribution is 9.10. The Morgan fingerprint density at radius 2 is 2.24 bits per heavy atom. The first-order chi connectivity index (χ1) is 10.1. The maximum atomic E-state index is 6.13. The summed E-state index contributed by atoms with van der Waals surface area (Å²) in [5.74, 6) is 0.830. The van der Waals surface area contributed by atoms with E-state index in [1.807, 2.05) is 11.3 Å².